The number of amides is 2. The van der Waals surface area contributed by atoms with Crippen molar-refractivity contribution in [1.29, 1.82) is 5.41 Å². The molecule has 0 radical (unpaired) electrons. The standard InChI is InChI=1S/C36H38Cl2N6O5S/c1-22-7-8-24-4-2-6-30(33(24)42-22)49-21-27-28(37)13-14-31(32(27)38)50(47,48)44-17-3-5-29(44)35(45)41-20-23-15-18-43(19-16-23)36(46)26-11-9-25(10-12-26)34(39)40/h2,4,6-14,23,29H,3,5,15-21H2,1H3,(H3,39,40)(H,41,45). The summed E-state index contributed by atoms with van der Waals surface area (Å²) in [6.45, 7) is 3.43. The molecular formula is C36H38Cl2N6O5S. The summed E-state index contributed by atoms with van der Waals surface area (Å²) < 4.78 is 35.3. The molecule has 2 saturated heterocycles. The number of nitrogens with zero attached hydrogens (tertiary/aromatic N) is 3. The topological polar surface area (TPSA) is 159 Å². The Labute approximate surface area is 301 Å². The lowest BCUT2D eigenvalue weighted by molar-refractivity contribution is -0.124. The predicted octanol–water partition coefficient (Wildman–Crippen LogP) is 5.53. The van der Waals surface area contributed by atoms with Crippen molar-refractivity contribution in [1.82, 2.24) is 19.5 Å². The third kappa shape index (κ3) is 7.44. The van der Waals surface area contributed by atoms with Gasteiger partial charge in [-0.1, -0.05) is 53.5 Å². The number of halogens is 2. The van der Waals surface area contributed by atoms with Gasteiger partial charge in [0, 0.05) is 59.0 Å². The highest BCUT2D eigenvalue weighted by Gasteiger charge is 2.41. The highest BCUT2D eigenvalue weighted by Crippen LogP contribution is 2.36. The van der Waals surface area contributed by atoms with Gasteiger partial charge in [-0.2, -0.15) is 4.31 Å². The van der Waals surface area contributed by atoms with E-state index < -0.39 is 16.1 Å². The van der Waals surface area contributed by atoms with Crippen LogP contribution in [0.5, 0.6) is 5.75 Å². The zero-order chi connectivity index (χ0) is 35.6. The quantitative estimate of drug-likeness (QED) is 0.143. The maximum atomic E-state index is 14.0. The van der Waals surface area contributed by atoms with E-state index in [0.29, 0.717) is 73.3 Å². The Morgan fingerprint density at radius 1 is 0.980 bits per heavy atom. The second-order valence-electron chi connectivity index (χ2n) is 12.7. The smallest absolute Gasteiger partial charge is 0.253 e. The Hall–Kier alpha value is -4.23. The Morgan fingerprint density at radius 3 is 2.42 bits per heavy atom. The average molecular weight is 738 g/mol. The van der Waals surface area contributed by atoms with E-state index >= 15 is 0 Å². The SMILES string of the molecule is Cc1ccc2cccc(OCc3c(Cl)ccc(S(=O)(=O)N4CCCC4C(=O)NCC4CCN(C(=O)c5ccc(C(=N)N)cc5)CC4)c3Cl)c2n1. The number of pyridine rings is 1. The summed E-state index contributed by atoms with van der Waals surface area (Å²) in [4.78, 5) is 32.6. The van der Waals surface area contributed by atoms with Gasteiger partial charge in [0.1, 0.15) is 34.6 Å². The van der Waals surface area contributed by atoms with Crippen LogP contribution in [0.2, 0.25) is 10.0 Å². The van der Waals surface area contributed by atoms with Gasteiger partial charge in [-0.25, -0.2) is 13.4 Å². The molecule has 1 unspecified atom stereocenters. The molecule has 2 aliphatic heterocycles. The van der Waals surface area contributed by atoms with Gasteiger partial charge in [0.2, 0.25) is 15.9 Å². The van der Waals surface area contributed by atoms with E-state index in [-0.39, 0.29) is 51.7 Å². The van der Waals surface area contributed by atoms with Crippen LogP contribution in [0.1, 0.15) is 52.9 Å². The van der Waals surface area contributed by atoms with Crippen molar-refractivity contribution in [3.8, 4) is 5.75 Å². The molecule has 6 rings (SSSR count). The second kappa shape index (κ2) is 14.9. The van der Waals surface area contributed by atoms with E-state index in [9.17, 15) is 18.0 Å². The number of rotatable bonds is 10. The molecule has 2 fully saturated rings. The van der Waals surface area contributed by atoms with Crippen LogP contribution >= 0.6 is 23.2 Å². The number of piperidine rings is 1. The number of likely N-dealkylation sites (tertiary alicyclic amines) is 1. The number of fused-ring (bicyclic) bond motifs is 1. The van der Waals surface area contributed by atoms with E-state index in [1.807, 2.05) is 31.2 Å². The fraction of sp³-hybridized carbons (Fsp3) is 0.333. The first-order chi connectivity index (χ1) is 23.9. The number of nitrogen functional groups attached to an aromatic ring is 1. The Bertz CT molecular complexity index is 2050. The molecule has 3 aromatic carbocycles. The van der Waals surface area contributed by atoms with E-state index in [1.165, 1.54) is 16.4 Å². The van der Waals surface area contributed by atoms with Gasteiger partial charge in [0.05, 0.1) is 5.02 Å². The zero-order valence-corrected chi connectivity index (χ0v) is 29.8. The van der Waals surface area contributed by atoms with E-state index in [2.05, 4.69) is 10.3 Å². The van der Waals surface area contributed by atoms with E-state index in [1.54, 1.807) is 35.2 Å². The predicted molar refractivity (Wildman–Crippen MR) is 193 cm³/mol. The number of sulfonamides is 1. The van der Waals surface area contributed by atoms with Gasteiger partial charge in [-0.3, -0.25) is 15.0 Å². The fourth-order valence-electron chi connectivity index (χ4n) is 6.49. The fourth-order valence-corrected chi connectivity index (χ4v) is 9.01. The lowest BCUT2D eigenvalue weighted by Crippen LogP contribution is -2.48. The number of nitrogens with two attached hydrogens (primary N) is 1. The first-order valence-electron chi connectivity index (χ1n) is 16.4. The molecule has 0 spiro atoms. The van der Waals surface area contributed by atoms with Crippen molar-refractivity contribution in [2.24, 2.45) is 11.7 Å². The summed E-state index contributed by atoms with van der Waals surface area (Å²) in [6, 6.07) is 18.0. The van der Waals surface area contributed by atoms with Crippen molar-refractivity contribution >= 4 is 61.8 Å². The molecule has 2 aliphatic rings. The number of hydrogen-bond acceptors (Lipinski definition) is 7. The summed E-state index contributed by atoms with van der Waals surface area (Å²) in [5.41, 5.74) is 8.42. The third-order valence-electron chi connectivity index (χ3n) is 9.35. The number of aryl methyl sites for hydroxylation is 1. The minimum Gasteiger partial charge on any atom is -0.487 e. The van der Waals surface area contributed by atoms with Crippen molar-refractivity contribution < 1.29 is 22.7 Å². The van der Waals surface area contributed by atoms with Crippen molar-refractivity contribution in [2.75, 3.05) is 26.2 Å². The molecule has 50 heavy (non-hydrogen) atoms. The Morgan fingerprint density at radius 2 is 1.70 bits per heavy atom. The Kier molecular flexibility index (Phi) is 10.6. The van der Waals surface area contributed by atoms with Gasteiger partial charge in [0.25, 0.3) is 5.91 Å². The molecule has 0 bridgehead atoms. The molecule has 4 N–H and O–H groups in total. The lowest BCUT2D eigenvalue weighted by atomic mass is 9.96. The first kappa shape index (κ1) is 35.6. The first-order valence-corrected chi connectivity index (χ1v) is 18.6. The molecule has 14 heteroatoms. The van der Waals surface area contributed by atoms with Gasteiger partial charge in [-0.15, -0.1) is 0 Å². The lowest BCUT2D eigenvalue weighted by Gasteiger charge is -2.32. The van der Waals surface area contributed by atoms with Crippen LogP contribution in [-0.4, -0.2) is 72.5 Å². The number of hydrogen-bond donors (Lipinski definition) is 3. The number of carbonyl (C=O) groups excluding carboxylic acids is 2. The number of amidine groups is 1. The highest BCUT2D eigenvalue weighted by atomic mass is 35.5. The van der Waals surface area contributed by atoms with Crippen molar-refractivity contribution in [3.05, 3.63) is 99.2 Å². The van der Waals surface area contributed by atoms with Gasteiger partial charge >= 0.3 is 0 Å². The molecule has 1 aromatic heterocycles. The molecule has 3 heterocycles. The van der Waals surface area contributed by atoms with Crippen LogP contribution < -0.4 is 15.8 Å². The summed E-state index contributed by atoms with van der Waals surface area (Å²) in [6.07, 6.45) is 2.31. The van der Waals surface area contributed by atoms with Crippen LogP contribution in [0.25, 0.3) is 10.9 Å². The maximum Gasteiger partial charge on any atom is 0.253 e. The average Bonchev–Trinajstić information content (AvgIpc) is 3.62. The van der Waals surface area contributed by atoms with Crippen LogP contribution in [0.15, 0.2) is 71.6 Å². The minimum absolute atomic E-state index is 0.0518. The highest BCUT2D eigenvalue weighted by molar-refractivity contribution is 7.89. The van der Waals surface area contributed by atoms with Crippen LogP contribution in [0, 0.1) is 18.3 Å². The van der Waals surface area contributed by atoms with E-state index in [4.69, 9.17) is 39.1 Å². The van der Waals surface area contributed by atoms with Gasteiger partial charge in [-0.05, 0) is 74.9 Å². The van der Waals surface area contributed by atoms with Crippen LogP contribution in [-0.2, 0) is 21.4 Å². The number of nitrogens with one attached hydrogen (secondary N) is 2. The minimum atomic E-state index is -4.17. The number of carbonyl (C=O) groups is 2. The summed E-state index contributed by atoms with van der Waals surface area (Å²) in [5.74, 6) is 0.150. The molecule has 0 aliphatic carbocycles. The molecule has 262 valence electrons. The third-order valence-corrected chi connectivity index (χ3v) is 12.2. The van der Waals surface area contributed by atoms with Crippen LogP contribution in [0.4, 0.5) is 0 Å². The molecule has 1 atom stereocenters. The number of para-hydroxylation sites is 1. The zero-order valence-electron chi connectivity index (χ0n) is 27.5. The normalized spacial score (nSPS) is 17.2. The number of benzene rings is 3. The monoisotopic (exact) mass is 736 g/mol. The number of ether oxygens (including phenoxy) is 1. The van der Waals surface area contributed by atoms with Crippen molar-refractivity contribution in [3.63, 3.8) is 0 Å². The maximum absolute atomic E-state index is 14.0. The second-order valence-corrected chi connectivity index (χ2v) is 15.3. The molecule has 4 aromatic rings. The summed E-state index contributed by atoms with van der Waals surface area (Å²) >= 11 is 13.2. The Balaban J connectivity index is 1.08. The molecule has 0 saturated carbocycles. The van der Waals surface area contributed by atoms with Gasteiger partial charge in [0.15, 0.2) is 0 Å². The largest absolute Gasteiger partial charge is 0.487 e. The van der Waals surface area contributed by atoms with Gasteiger partial charge < -0.3 is 20.7 Å². The molecule has 11 nitrogen and oxygen atoms in total. The summed E-state index contributed by atoms with van der Waals surface area (Å²) in [7, 11) is -4.17. The number of aromatic nitrogens is 1. The van der Waals surface area contributed by atoms with Crippen molar-refractivity contribution in [2.45, 2.75) is 50.2 Å². The molecular weight excluding hydrogens is 699 g/mol. The van der Waals surface area contributed by atoms with Crippen LogP contribution in [0.3, 0.4) is 0 Å². The molecule has 2 amide bonds. The summed E-state index contributed by atoms with van der Waals surface area (Å²) in [5, 5.41) is 11.6. The van der Waals surface area contributed by atoms with E-state index in [0.717, 1.165) is 11.1 Å².